The molecule has 1 aromatic carbocycles. The van der Waals surface area contributed by atoms with E-state index in [1.807, 2.05) is 43.0 Å². The van der Waals surface area contributed by atoms with Crippen molar-refractivity contribution in [1.82, 2.24) is 30.0 Å². The SMILES string of the molecule is Cc1c(-c2ccc3ncnc(N4CC5(CCNCC5)c5cc(F)ccc54)c3n2)cnn1C. The van der Waals surface area contributed by atoms with Crippen LogP contribution in [-0.4, -0.2) is 44.4 Å². The first-order valence-electron chi connectivity index (χ1n) is 10.9. The predicted octanol–water partition coefficient (Wildman–Crippen LogP) is 3.65. The van der Waals surface area contributed by atoms with Gasteiger partial charge in [-0.1, -0.05) is 0 Å². The Hall–Kier alpha value is -3.39. The molecule has 0 atom stereocenters. The van der Waals surface area contributed by atoms with Crippen LogP contribution in [0.2, 0.25) is 0 Å². The van der Waals surface area contributed by atoms with Gasteiger partial charge in [0.2, 0.25) is 0 Å². The molecule has 0 bridgehead atoms. The van der Waals surface area contributed by atoms with Crippen LogP contribution in [0.15, 0.2) is 42.9 Å². The lowest BCUT2D eigenvalue weighted by Crippen LogP contribution is -2.42. The maximum atomic E-state index is 14.3. The van der Waals surface area contributed by atoms with Crippen molar-refractivity contribution in [1.29, 1.82) is 0 Å². The molecule has 3 aromatic heterocycles. The molecule has 6 rings (SSSR count). The number of anilines is 2. The first kappa shape index (κ1) is 19.3. The van der Waals surface area contributed by atoms with Crippen molar-refractivity contribution in [2.45, 2.75) is 25.2 Å². The highest BCUT2D eigenvalue weighted by molar-refractivity contribution is 5.91. The first-order valence-corrected chi connectivity index (χ1v) is 10.9. The van der Waals surface area contributed by atoms with Crippen LogP contribution in [0.4, 0.5) is 15.9 Å². The number of pyridine rings is 1. The largest absolute Gasteiger partial charge is 0.323 e. The van der Waals surface area contributed by atoms with Gasteiger partial charge >= 0.3 is 0 Å². The second-order valence-electron chi connectivity index (χ2n) is 8.81. The van der Waals surface area contributed by atoms with Crippen LogP contribution in [0.5, 0.6) is 0 Å². The van der Waals surface area contributed by atoms with Gasteiger partial charge in [0.1, 0.15) is 17.7 Å². The Bertz CT molecular complexity index is 1340. The Morgan fingerprint density at radius 1 is 1.09 bits per heavy atom. The fourth-order valence-electron chi connectivity index (χ4n) is 5.19. The molecule has 1 N–H and O–H groups in total. The van der Waals surface area contributed by atoms with E-state index in [4.69, 9.17) is 4.98 Å². The average molecular weight is 430 g/mol. The normalized spacial score (nSPS) is 17.3. The third-order valence-corrected chi connectivity index (χ3v) is 7.07. The van der Waals surface area contributed by atoms with E-state index in [0.29, 0.717) is 0 Å². The zero-order chi connectivity index (χ0) is 21.9. The summed E-state index contributed by atoms with van der Waals surface area (Å²) >= 11 is 0. The molecule has 4 aromatic rings. The van der Waals surface area contributed by atoms with Crippen molar-refractivity contribution >= 4 is 22.5 Å². The second-order valence-corrected chi connectivity index (χ2v) is 8.81. The number of aryl methyl sites for hydroxylation is 1. The van der Waals surface area contributed by atoms with Gasteiger partial charge < -0.3 is 10.2 Å². The quantitative estimate of drug-likeness (QED) is 0.525. The third-order valence-electron chi connectivity index (χ3n) is 7.07. The predicted molar refractivity (Wildman–Crippen MR) is 121 cm³/mol. The minimum atomic E-state index is -0.191. The second kappa shape index (κ2) is 7.06. The summed E-state index contributed by atoms with van der Waals surface area (Å²) in [5.41, 5.74) is 6.41. The topological polar surface area (TPSA) is 71.8 Å². The molecular weight excluding hydrogens is 405 g/mol. The number of benzene rings is 1. The standard InChI is InChI=1S/C24H24FN7/c1-15-17(12-29-31(15)2)19-4-5-20-22(30-19)23(28-14-27-20)32-13-24(7-9-26-10-8-24)18-11-16(25)3-6-21(18)32/h3-6,11-12,14,26H,7-10,13H2,1-2H3. The van der Waals surface area contributed by atoms with Crippen LogP contribution in [0.3, 0.4) is 0 Å². The zero-order valence-corrected chi connectivity index (χ0v) is 18.1. The van der Waals surface area contributed by atoms with Gasteiger partial charge in [-0.3, -0.25) is 4.68 Å². The van der Waals surface area contributed by atoms with Crippen LogP contribution in [0.1, 0.15) is 24.1 Å². The molecule has 0 unspecified atom stereocenters. The molecular formula is C24H24FN7. The molecule has 0 saturated carbocycles. The highest BCUT2D eigenvalue weighted by Gasteiger charge is 2.44. The van der Waals surface area contributed by atoms with E-state index in [0.717, 1.165) is 77.5 Å². The molecule has 1 spiro atoms. The van der Waals surface area contributed by atoms with E-state index >= 15 is 0 Å². The maximum absolute atomic E-state index is 14.3. The number of hydrogen-bond acceptors (Lipinski definition) is 6. The minimum Gasteiger partial charge on any atom is -0.323 e. The van der Waals surface area contributed by atoms with Crippen LogP contribution < -0.4 is 10.2 Å². The van der Waals surface area contributed by atoms with Crippen molar-refractivity contribution in [3.8, 4) is 11.3 Å². The van der Waals surface area contributed by atoms with Gasteiger partial charge in [0.05, 0.1) is 17.4 Å². The number of rotatable bonds is 2. The Kier molecular flexibility index (Phi) is 4.26. The molecule has 0 aliphatic carbocycles. The molecule has 2 aliphatic heterocycles. The van der Waals surface area contributed by atoms with Crippen LogP contribution in [0.25, 0.3) is 22.3 Å². The highest BCUT2D eigenvalue weighted by Crippen LogP contribution is 2.49. The summed E-state index contributed by atoms with van der Waals surface area (Å²) in [6, 6.07) is 9.08. The molecule has 1 fully saturated rings. The van der Waals surface area contributed by atoms with Gasteiger partial charge in [-0.05, 0) is 68.8 Å². The van der Waals surface area contributed by atoms with Gasteiger partial charge in [-0.15, -0.1) is 0 Å². The lowest BCUT2D eigenvalue weighted by atomic mass is 9.75. The molecule has 32 heavy (non-hydrogen) atoms. The number of nitrogens with zero attached hydrogens (tertiary/aromatic N) is 6. The Morgan fingerprint density at radius 3 is 2.72 bits per heavy atom. The lowest BCUT2D eigenvalue weighted by molar-refractivity contribution is 0.328. The molecule has 5 heterocycles. The first-order chi connectivity index (χ1) is 15.6. The van der Waals surface area contributed by atoms with Gasteiger partial charge in [-0.25, -0.2) is 19.3 Å². The summed E-state index contributed by atoms with van der Waals surface area (Å²) < 4.78 is 16.1. The number of nitrogens with one attached hydrogen (secondary N) is 1. The average Bonchev–Trinajstić information content (AvgIpc) is 3.30. The van der Waals surface area contributed by atoms with E-state index in [1.165, 1.54) is 6.07 Å². The summed E-state index contributed by atoms with van der Waals surface area (Å²) in [5.74, 6) is 0.574. The number of piperidine rings is 1. The van der Waals surface area contributed by atoms with Crippen molar-refractivity contribution in [3.05, 3.63) is 59.9 Å². The summed E-state index contributed by atoms with van der Waals surface area (Å²) in [4.78, 5) is 16.3. The number of aromatic nitrogens is 5. The summed E-state index contributed by atoms with van der Waals surface area (Å²) in [5, 5.41) is 7.80. The van der Waals surface area contributed by atoms with Crippen molar-refractivity contribution < 1.29 is 4.39 Å². The van der Waals surface area contributed by atoms with Crippen molar-refractivity contribution in [2.75, 3.05) is 24.5 Å². The zero-order valence-electron chi connectivity index (χ0n) is 18.1. The number of fused-ring (bicyclic) bond motifs is 3. The van der Waals surface area contributed by atoms with Crippen LogP contribution >= 0.6 is 0 Å². The molecule has 162 valence electrons. The fourth-order valence-corrected chi connectivity index (χ4v) is 5.19. The van der Waals surface area contributed by atoms with Gasteiger partial charge in [0.25, 0.3) is 0 Å². The molecule has 0 amide bonds. The third kappa shape index (κ3) is 2.82. The van der Waals surface area contributed by atoms with E-state index in [9.17, 15) is 4.39 Å². The van der Waals surface area contributed by atoms with Crippen molar-refractivity contribution in [3.63, 3.8) is 0 Å². The summed E-state index contributed by atoms with van der Waals surface area (Å²) in [6.07, 6.45) is 5.36. The molecule has 1 saturated heterocycles. The summed E-state index contributed by atoms with van der Waals surface area (Å²) in [7, 11) is 1.92. The number of hydrogen-bond donors (Lipinski definition) is 1. The van der Waals surface area contributed by atoms with Gasteiger partial charge in [-0.2, -0.15) is 5.10 Å². The van der Waals surface area contributed by atoms with Crippen LogP contribution in [0, 0.1) is 12.7 Å². The van der Waals surface area contributed by atoms with Crippen molar-refractivity contribution in [2.24, 2.45) is 7.05 Å². The monoisotopic (exact) mass is 429 g/mol. The molecule has 7 nitrogen and oxygen atoms in total. The van der Waals surface area contributed by atoms with Gasteiger partial charge in [0, 0.05) is 36.0 Å². The van der Waals surface area contributed by atoms with E-state index in [1.54, 1.807) is 12.4 Å². The summed E-state index contributed by atoms with van der Waals surface area (Å²) in [6.45, 7) is 4.65. The molecule has 0 radical (unpaired) electrons. The highest BCUT2D eigenvalue weighted by atomic mass is 19.1. The molecule has 8 heteroatoms. The van der Waals surface area contributed by atoms with Gasteiger partial charge in [0.15, 0.2) is 5.82 Å². The smallest absolute Gasteiger partial charge is 0.163 e. The fraction of sp³-hybridized carbons (Fsp3) is 0.333. The Morgan fingerprint density at radius 2 is 1.94 bits per heavy atom. The maximum Gasteiger partial charge on any atom is 0.163 e. The van der Waals surface area contributed by atoms with E-state index < -0.39 is 0 Å². The van der Waals surface area contributed by atoms with E-state index in [-0.39, 0.29) is 11.2 Å². The molecule has 2 aliphatic rings. The minimum absolute atomic E-state index is 0.0858. The number of halogens is 1. The lowest BCUT2D eigenvalue weighted by Gasteiger charge is -2.34. The van der Waals surface area contributed by atoms with Crippen LogP contribution in [-0.2, 0) is 12.5 Å². The Labute approximate surface area is 185 Å². The van der Waals surface area contributed by atoms with E-state index in [2.05, 4.69) is 25.3 Å². The Balaban J connectivity index is 1.52.